The number of fused-ring (bicyclic) bond motifs is 13. The highest BCUT2D eigenvalue weighted by Crippen LogP contribution is 2.51. The van der Waals surface area contributed by atoms with Crippen molar-refractivity contribution >= 4 is 76.2 Å². The molecular formula is C51H32O2. The molecule has 0 saturated heterocycles. The molecule has 0 radical (unpaired) electrons. The summed E-state index contributed by atoms with van der Waals surface area (Å²) >= 11 is 0. The Morgan fingerprint density at radius 2 is 0.906 bits per heavy atom. The summed E-state index contributed by atoms with van der Waals surface area (Å²) in [5.74, 6) is 0. The predicted molar refractivity (Wildman–Crippen MR) is 222 cm³/mol. The van der Waals surface area contributed by atoms with E-state index in [1.807, 2.05) is 12.1 Å². The van der Waals surface area contributed by atoms with Crippen LogP contribution in [0.3, 0.4) is 0 Å². The Morgan fingerprint density at radius 3 is 1.66 bits per heavy atom. The first kappa shape index (κ1) is 29.0. The standard InChI is InChI=1S/C51H32O2/c1-51(2)42-17-9-7-11-32(42)33-22-19-31(26-43(33)51)49-36-14-5-3-12-34(36)48(35-13-4-6-15-37(35)49)30-21-23-45-40(25-30)41-28-39-29(27-47(41)53-45)20-24-46-50(39)38-16-8-10-18-44(38)52-46/h3-28H,1-2H3. The third-order valence-electron chi connectivity index (χ3n) is 12.0. The lowest BCUT2D eigenvalue weighted by molar-refractivity contribution is 0.660. The van der Waals surface area contributed by atoms with Crippen molar-refractivity contribution in [3.05, 3.63) is 169 Å². The first-order chi connectivity index (χ1) is 26.0. The number of para-hydroxylation sites is 1. The minimum Gasteiger partial charge on any atom is -0.456 e. The van der Waals surface area contributed by atoms with Crippen molar-refractivity contribution in [1.82, 2.24) is 0 Å². The number of hydrogen-bond acceptors (Lipinski definition) is 2. The summed E-state index contributed by atoms with van der Waals surface area (Å²) in [5.41, 5.74) is 14.0. The van der Waals surface area contributed by atoms with E-state index in [9.17, 15) is 0 Å². The quantitative estimate of drug-likeness (QED) is 0.170. The van der Waals surface area contributed by atoms with E-state index in [4.69, 9.17) is 8.83 Å². The van der Waals surface area contributed by atoms with Crippen LogP contribution in [0.1, 0.15) is 25.0 Å². The molecule has 2 heteroatoms. The van der Waals surface area contributed by atoms with Crippen molar-refractivity contribution in [2.45, 2.75) is 19.3 Å². The molecule has 0 bridgehead atoms. The molecule has 11 aromatic rings. The SMILES string of the molecule is CC1(C)c2ccccc2-c2ccc(-c3c4ccccc4c(-c4ccc5oc6cc7ccc8oc9ccccc9c8c7cc6c5c4)c4ccccc34)cc21. The average Bonchev–Trinajstić information content (AvgIpc) is 3.83. The lowest BCUT2D eigenvalue weighted by atomic mass is 9.80. The van der Waals surface area contributed by atoms with Gasteiger partial charge in [0.1, 0.15) is 22.3 Å². The normalized spacial score (nSPS) is 13.6. The summed E-state index contributed by atoms with van der Waals surface area (Å²) in [4.78, 5) is 0. The van der Waals surface area contributed by atoms with Crippen molar-refractivity contribution in [2.24, 2.45) is 0 Å². The number of furan rings is 2. The van der Waals surface area contributed by atoms with Crippen LogP contribution in [0.2, 0.25) is 0 Å². The average molecular weight is 677 g/mol. The highest BCUT2D eigenvalue weighted by Gasteiger charge is 2.35. The lowest BCUT2D eigenvalue weighted by Crippen LogP contribution is -2.14. The maximum Gasteiger partial charge on any atom is 0.136 e. The van der Waals surface area contributed by atoms with Gasteiger partial charge in [-0.25, -0.2) is 0 Å². The van der Waals surface area contributed by atoms with Crippen molar-refractivity contribution in [1.29, 1.82) is 0 Å². The Labute approximate surface area is 305 Å². The third-order valence-corrected chi connectivity index (χ3v) is 12.0. The second-order valence-corrected chi connectivity index (χ2v) is 15.2. The summed E-state index contributed by atoms with van der Waals surface area (Å²) < 4.78 is 12.8. The Morgan fingerprint density at radius 1 is 0.358 bits per heavy atom. The van der Waals surface area contributed by atoms with Crippen molar-refractivity contribution < 1.29 is 8.83 Å². The van der Waals surface area contributed by atoms with Crippen molar-refractivity contribution in [3.63, 3.8) is 0 Å². The smallest absolute Gasteiger partial charge is 0.136 e. The molecule has 0 aliphatic heterocycles. The predicted octanol–water partition coefficient (Wildman–Crippen LogP) is 14.6. The van der Waals surface area contributed by atoms with Crippen LogP contribution in [0.25, 0.3) is 110 Å². The molecule has 0 atom stereocenters. The van der Waals surface area contributed by atoms with Crippen molar-refractivity contribution in [3.8, 4) is 33.4 Å². The second-order valence-electron chi connectivity index (χ2n) is 15.2. The van der Waals surface area contributed by atoms with E-state index in [0.29, 0.717) is 0 Å². The fourth-order valence-electron chi connectivity index (χ4n) is 9.58. The van der Waals surface area contributed by atoms with Gasteiger partial charge in [-0.1, -0.05) is 129 Å². The van der Waals surface area contributed by atoms with Crippen LogP contribution in [-0.4, -0.2) is 0 Å². The van der Waals surface area contributed by atoms with Gasteiger partial charge in [-0.3, -0.25) is 0 Å². The largest absolute Gasteiger partial charge is 0.456 e. The third kappa shape index (κ3) is 3.87. The van der Waals surface area contributed by atoms with Crippen LogP contribution in [0.4, 0.5) is 0 Å². The van der Waals surface area contributed by atoms with Gasteiger partial charge in [0, 0.05) is 27.0 Å². The molecule has 1 aliphatic rings. The van der Waals surface area contributed by atoms with Gasteiger partial charge in [-0.2, -0.15) is 0 Å². The zero-order valence-corrected chi connectivity index (χ0v) is 29.3. The second kappa shape index (κ2) is 10.2. The fraction of sp³-hybridized carbons (Fsp3) is 0.0588. The van der Waals surface area contributed by atoms with E-state index < -0.39 is 0 Å². The van der Waals surface area contributed by atoms with Gasteiger partial charge in [-0.05, 0) is 119 Å². The van der Waals surface area contributed by atoms with Crippen LogP contribution < -0.4 is 0 Å². The number of hydrogen-bond donors (Lipinski definition) is 0. The molecule has 53 heavy (non-hydrogen) atoms. The highest BCUT2D eigenvalue weighted by molar-refractivity contribution is 6.24. The Hall–Kier alpha value is -6.64. The molecule has 0 amide bonds. The summed E-state index contributed by atoms with van der Waals surface area (Å²) in [5, 5.41) is 11.8. The molecule has 0 spiro atoms. The molecule has 0 unspecified atom stereocenters. The molecule has 1 aliphatic carbocycles. The van der Waals surface area contributed by atoms with E-state index in [1.54, 1.807) is 0 Å². The topological polar surface area (TPSA) is 26.3 Å². The number of rotatable bonds is 2. The Bertz CT molecular complexity index is 3310. The molecule has 2 heterocycles. The van der Waals surface area contributed by atoms with Gasteiger partial charge < -0.3 is 8.83 Å². The molecule has 12 rings (SSSR count). The number of benzene rings is 9. The van der Waals surface area contributed by atoms with Crippen LogP contribution >= 0.6 is 0 Å². The first-order valence-electron chi connectivity index (χ1n) is 18.4. The van der Waals surface area contributed by atoms with E-state index in [2.05, 4.69) is 159 Å². The van der Waals surface area contributed by atoms with Crippen LogP contribution in [0, 0.1) is 0 Å². The summed E-state index contributed by atoms with van der Waals surface area (Å²) in [6, 6.07) is 57.6. The zero-order chi connectivity index (χ0) is 35.0. The zero-order valence-electron chi connectivity index (χ0n) is 29.3. The van der Waals surface area contributed by atoms with Crippen LogP contribution in [0.5, 0.6) is 0 Å². The Kier molecular flexibility index (Phi) is 5.60. The van der Waals surface area contributed by atoms with E-state index in [1.165, 1.54) is 71.4 Å². The van der Waals surface area contributed by atoms with Gasteiger partial charge in [-0.15, -0.1) is 0 Å². The van der Waals surface area contributed by atoms with Gasteiger partial charge in [0.05, 0.1) is 0 Å². The van der Waals surface area contributed by atoms with E-state index in [-0.39, 0.29) is 5.41 Å². The maximum absolute atomic E-state index is 6.54. The van der Waals surface area contributed by atoms with Crippen LogP contribution in [-0.2, 0) is 5.41 Å². The fourth-order valence-corrected chi connectivity index (χ4v) is 9.58. The molecule has 248 valence electrons. The summed E-state index contributed by atoms with van der Waals surface area (Å²) in [6.45, 7) is 4.72. The van der Waals surface area contributed by atoms with Crippen molar-refractivity contribution in [2.75, 3.05) is 0 Å². The van der Waals surface area contributed by atoms with Crippen LogP contribution in [0.15, 0.2) is 167 Å². The minimum atomic E-state index is -0.0714. The Balaban J connectivity index is 1.11. The monoisotopic (exact) mass is 676 g/mol. The minimum absolute atomic E-state index is 0.0714. The first-order valence-corrected chi connectivity index (χ1v) is 18.4. The van der Waals surface area contributed by atoms with Gasteiger partial charge >= 0.3 is 0 Å². The molecule has 0 fully saturated rings. The molecule has 2 nitrogen and oxygen atoms in total. The molecule has 0 N–H and O–H groups in total. The molecule has 9 aromatic carbocycles. The lowest BCUT2D eigenvalue weighted by Gasteiger charge is -2.23. The highest BCUT2D eigenvalue weighted by atomic mass is 16.3. The summed E-state index contributed by atoms with van der Waals surface area (Å²) in [6.07, 6.45) is 0. The van der Waals surface area contributed by atoms with Gasteiger partial charge in [0.15, 0.2) is 0 Å². The van der Waals surface area contributed by atoms with E-state index >= 15 is 0 Å². The van der Waals surface area contributed by atoms with Gasteiger partial charge in [0.25, 0.3) is 0 Å². The van der Waals surface area contributed by atoms with E-state index in [0.717, 1.165) is 49.3 Å². The summed E-state index contributed by atoms with van der Waals surface area (Å²) in [7, 11) is 0. The van der Waals surface area contributed by atoms with Gasteiger partial charge in [0.2, 0.25) is 0 Å². The molecule has 0 saturated carbocycles. The molecule has 2 aromatic heterocycles. The maximum atomic E-state index is 6.54. The molecular weight excluding hydrogens is 645 g/mol.